The van der Waals surface area contributed by atoms with Crippen LogP contribution in [-0.4, -0.2) is 31.5 Å². The Kier molecular flexibility index (Phi) is 5.80. The minimum atomic E-state index is -0.00437. The number of aliphatic hydroxyl groups excluding tert-OH is 1. The first-order valence-corrected chi connectivity index (χ1v) is 5.83. The van der Waals surface area contributed by atoms with Gasteiger partial charge in [0.2, 0.25) is 0 Å². The van der Waals surface area contributed by atoms with Crippen LogP contribution in [0.15, 0.2) is 18.2 Å². The summed E-state index contributed by atoms with van der Waals surface area (Å²) < 4.78 is 10.6. The molecule has 0 saturated carbocycles. The minimum absolute atomic E-state index is 0.00437. The van der Waals surface area contributed by atoms with Crippen molar-refractivity contribution in [3.05, 3.63) is 23.8 Å². The maximum atomic E-state index is 8.71. The zero-order valence-electron chi connectivity index (χ0n) is 10.5. The third kappa shape index (κ3) is 4.63. The first-order valence-electron chi connectivity index (χ1n) is 5.83. The maximum absolute atomic E-state index is 8.71. The van der Waals surface area contributed by atoms with Gasteiger partial charge in [-0.15, -0.1) is 0 Å². The van der Waals surface area contributed by atoms with Crippen LogP contribution in [0.2, 0.25) is 0 Å². The van der Waals surface area contributed by atoms with Gasteiger partial charge in [-0.05, 0) is 37.5 Å². The monoisotopic (exact) mass is 239 g/mol. The molecule has 0 radical (unpaired) electrons. The first kappa shape index (κ1) is 13.8. The number of rotatable bonds is 7. The molecule has 4 nitrogen and oxygen atoms in total. The number of hydrogen-bond acceptors (Lipinski definition) is 4. The summed E-state index contributed by atoms with van der Waals surface area (Å²) in [5.41, 5.74) is 6.90. The van der Waals surface area contributed by atoms with Crippen LogP contribution in [0.25, 0.3) is 0 Å². The van der Waals surface area contributed by atoms with E-state index in [-0.39, 0.29) is 19.3 Å². The summed E-state index contributed by atoms with van der Waals surface area (Å²) in [6, 6.07) is 6.02. The van der Waals surface area contributed by atoms with E-state index in [4.69, 9.17) is 20.3 Å². The zero-order chi connectivity index (χ0) is 12.7. The second kappa shape index (κ2) is 7.14. The smallest absolute Gasteiger partial charge is 0.161 e. The zero-order valence-corrected chi connectivity index (χ0v) is 10.5. The highest BCUT2D eigenvalue weighted by Gasteiger charge is 2.06. The largest absolute Gasteiger partial charge is 0.493 e. The van der Waals surface area contributed by atoms with Gasteiger partial charge in [-0.1, -0.05) is 6.07 Å². The molecule has 0 amide bonds. The molecule has 1 rings (SSSR count). The number of aryl methyl sites for hydroxylation is 1. The normalized spacial score (nSPS) is 12.2. The Morgan fingerprint density at radius 3 is 2.71 bits per heavy atom. The van der Waals surface area contributed by atoms with Crippen molar-refractivity contribution in [3.8, 4) is 11.5 Å². The predicted molar refractivity (Wildman–Crippen MR) is 67.5 cm³/mol. The quantitative estimate of drug-likeness (QED) is 0.753. The highest BCUT2D eigenvalue weighted by Crippen LogP contribution is 2.28. The van der Waals surface area contributed by atoms with Crippen LogP contribution in [0.4, 0.5) is 0 Å². The maximum Gasteiger partial charge on any atom is 0.161 e. The molecular weight excluding hydrogens is 218 g/mol. The fourth-order valence-electron chi connectivity index (χ4n) is 1.54. The lowest BCUT2D eigenvalue weighted by molar-refractivity contribution is 0.196. The molecular formula is C13H21NO3. The van der Waals surface area contributed by atoms with Gasteiger partial charge in [-0.2, -0.15) is 0 Å². The summed E-state index contributed by atoms with van der Waals surface area (Å²) in [6.45, 7) is 2.26. The molecule has 0 saturated heterocycles. The molecule has 3 N–H and O–H groups in total. The molecule has 0 aliphatic carbocycles. The molecule has 0 aromatic heterocycles. The summed E-state index contributed by atoms with van der Waals surface area (Å²) in [7, 11) is 1.61. The van der Waals surface area contributed by atoms with Gasteiger partial charge in [-0.25, -0.2) is 0 Å². The Morgan fingerprint density at radius 2 is 2.12 bits per heavy atom. The van der Waals surface area contributed by atoms with E-state index in [9.17, 15) is 0 Å². The number of ether oxygens (including phenoxy) is 2. The third-order valence-electron chi connectivity index (χ3n) is 2.47. The highest BCUT2D eigenvalue weighted by molar-refractivity contribution is 5.43. The number of aliphatic hydroxyl groups is 1. The average Bonchev–Trinajstić information content (AvgIpc) is 2.34. The number of hydrogen-bond donors (Lipinski definition) is 2. The van der Waals surface area contributed by atoms with E-state index in [0.717, 1.165) is 12.8 Å². The Bertz CT molecular complexity index is 339. The van der Waals surface area contributed by atoms with Gasteiger partial charge in [0.1, 0.15) is 6.61 Å². The van der Waals surface area contributed by atoms with Crippen LogP contribution >= 0.6 is 0 Å². The van der Waals surface area contributed by atoms with Gasteiger partial charge in [0, 0.05) is 6.04 Å². The van der Waals surface area contributed by atoms with E-state index >= 15 is 0 Å². The van der Waals surface area contributed by atoms with Crippen molar-refractivity contribution in [2.24, 2.45) is 5.73 Å². The predicted octanol–water partition coefficient (Wildman–Crippen LogP) is 1.35. The fourth-order valence-corrected chi connectivity index (χ4v) is 1.54. The van der Waals surface area contributed by atoms with E-state index in [0.29, 0.717) is 11.5 Å². The molecule has 0 heterocycles. The number of methoxy groups -OCH3 is 1. The van der Waals surface area contributed by atoms with Crippen LogP contribution in [0.3, 0.4) is 0 Å². The van der Waals surface area contributed by atoms with Gasteiger partial charge in [0.15, 0.2) is 11.5 Å². The van der Waals surface area contributed by atoms with Crippen molar-refractivity contribution in [2.75, 3.05) is 20.3 Å². The molecule has 0 bridgehead atoms. The van der Waals surface area contributed by atoms with Crippen molar-refractivity contribution in [3.63, 3.8) is 0 Å². The lowest BCUT2D eigenvalue weighted by Gasteiger charge is -2.12. The van der Waals surface area contributed by atoms with Crippen LogP contribution < -0.4 is 15.2 Å². The van der Waals surface area contributed by atoms with E-state index in [1.165, 1.54) is 5.56 Å². The fraction of sp³-hybridized carbons (Fsp3) is 0.538. The van der Waals surface area contributed by atoms with Crippen molar-refractivity contribution >= 4 is 0 Å². The summed E-state index contributed by atoms with van der Waals surface area (Å²) in [6.07, 6.45) is 1.87. The molecule has 4 heteroatoms. The van der Waals surface area contributed by atoms with Gasteiger partial charge in [-0.3, -0.25) is 0 Å². The number of nitrogens with two attached hydrogens (primary N) is 1. The summed E-state index contributed by atoms with van der Waals surface area (Å²) in [5.74, 6) is 1.35. The van der Waals surface area contributed by atoms with E-state index < -0.39 is 0 Å². The van der Waals surface area contributed by atoms with E-state index in [1.807, 2.05) is 25.1 Å². The van der Waals surface area contributed by atoms with Gasteiger partial charge in [0.25, 0.3) is 0 Å². The molecule has 1 aromatic rings. The molecule has 1 aromatic carbocycles. The summed E-state index contributed by atoms with van der Waals surface area (Å²) in [4.78, 5) is 0. The van der Waals surface area contributed by atoms with Crippen LogP contribution in [0, 0.1) is 0 Å². The molecule has 0 spiro atoms. The van der Waals surface area contributed by atoms with Crippen molar-refractivity contribution in [1.82, 2.24) is 0 Å². The minimum Gasteiger partial charge on any atom is -0.493 e. The van der Waals surface area contributed by atoms with Crippen LogP contribution in [0.5, 0.6) is 11.5 Å². The van der Waals surface area contributed by atoms with E-state index in [1.54, 1.807) is 7.11 Å². The van der Waals surface area contributed by atoms with Gasteiger partial charge >= 0.3 is 0 Å². The van der Waals surface area contributed by atoms with Crippen molar-refractivity contribution in [1.29, 1.82) is 0 Å². The van der Waals surface area contributed by atoms with Gasteiger partial charge < -0.3 is 20.3 Å². The van der Waals surface area contributed by atoms with Gasteiger partial charge in [0.05, 0.1) is 13.7 Å². The molecule has 0 aliphatic heterocycles. The molecule has 1 atom stereocenters. The molecule has 96 valence electrons. The molecule has 0 fully saturated rings. The topological polar surface area (TPSA) is 64.7 Å². The Labute approximate surface area is 102 Å². The third-order valence-corrected chi connectivity index (χ3v) is 2.47. The Hall–Kier alpha value is -1.26. The standard InChI is InChI=1S/C13H21NO3/c1-10(14)3-4-11-5-6-12(17-8-7-15)13(9-11)16-2/h5-6,9-10,15H,3-4,7-8,14H2,1-2H3/t10-/m1/s1. The van der Waals surface area contributed by atoms with Crippen molar-refractivity contribution < 1.29 is 14.6 Å². The lowest BCUT2D eigenvalue weighted by atomic mass is 10.1. The second-order valence-electron chi connectivity index (χ2n) is 4.07. The molecule has 0 aliphatic rings. The summed E-state index contributed by atoms with van der Waals surface area (Å²) in [5, 5.41) is 8.71. The second-order valence-corrected chi connectivity index (χ2v) is 4.07. The van der Waals surface area contributed by atoms with Crippen molar-refractivity contribution in [2.45, 2.75) is 25.8 Å². The number of benzene rings is 1. The van der Waals surface area contributed by atoms with E-state index in [2.05, 4.69) is 0 Å². The molecule has 17 heavy (non-hydrogen) atoms. The lowest BCUT2D eigenvalue weighted by Crippen LogP contribution is -2.15. The highest BCUT2D eigenvalue weighted by atomic mass is 16.5. The van der Waals surface area contributed by atoms with Crippen LogP contribution in [-0.2, 0) is 6.42 Å². The summed E-state index contributed by atoms with van der Waals surface area (Å²) >= 11 is 0. The van der Waals surface area contributed by atoms with Crippen LogP contribution in [0.1, 0.15) is 18.9 Å². The average molecular weight is 239 g/mol. The Balaban J connectivity index is 2.70. The SMILES string of the molecule is COc1cc(CC[C@@H](C)N)ccc1OCCO. The first-order chi connectivity index (χ1) is 8.17. The molecule has 0 unspecified atom stereocenters. The Morgan fingerprint density at radius 1 is 1.35 bits per heavy atom.